The third-order valence-electron chi connectivity index (χ3n) is 2.33. The number of rotatable bonds is 2. The molecule has 0 unspecified atom stereocenters. The Hall–Kier alpha value is -1.46. The molecule has 0 atom stereocenters. The van der Waals surface area contributed by atoms with Crippen LogP contribution in [0.1, 0.15) is 24.3 Å². The first-order valence-corrected chi connectivity index (χ1v) is 4.64. The van der Waals surface area contributed by atoms with Crippen molar-refractivity contribution < 1.29 is 14.4 Å². The number of nitro groups is 1. The summed E-state index contributed by atoms with van der Waals surface area (Å²) in [6.07, 6.45) is -0.686. The summed E-state index contributed by atoms with van der Waals surface area (Å²) in [5.41, 5.74) is 1.42. The molecule has 0 saturated carbocycles. The van der Waals surface area contributed by atoms with Gasteiger partial charge in [0.25, 0.3) is 5.69 Å². The first-order valence-electron chi connectivity index (χ1n) is 4.64. The normalized spacial score (nSPS) is 24.7. The summed E-state index contributed by atoms with van der Waals surface area (Å²) in [5.74, 6) is 0. The van der Waals surface area contributed by atoms with E-state index in [1.54, 1.807) is 26.0 Å². The number of nitro benzene ring substituents is 1. The van der Waals surface area contributed by atoms with Crippen molar-refractivity contribution in [2.24, 2.45) is 0 Å². The molecule has 0 amide bonds. The first kappa shape index (κ1) is 10.1. The van der Waals surface area contributed by atoms with Crippen molar-refractivity contribution in [1.82, 2.24) is 0 Å². The minimum absolute atomic E-state index is 0.0965. The molecule has 1 aromatic carbocycles. The largest absolute Gasteiger partial charge is 0.320 e. The second-order valence-corrected chi connectivity index (χ2v) is 3.47. The van der Waals surface area contributed by atoms with Crippen molar-refractivity contribution in [1.29, 1.82) is 0 Å². The molecule has 15 heavy (non-hydrogen) atoms. The molecule has 1 aromatic rings. The van der Waals surface area contributed by atoms with Crippen molar-refractivity contribution >= 4 is 5.69 Å². The summed E-state index contributed by atoms with van der Waals surface area (Å²) in [5, 5.41) is 10.7. The topological polar surface area (TPSA) is 61.6 Å². The number of nitrogens with zero attached hydrogens (tertiary/aromatic N) is 1. The average Bonchev–Trinajstić information content (AvgIpc) is 2.14. The lowest BCUT2D eigenvalue weighted by molar-refractivity contribution is -0.389. The van der Waals surface area contributed by atoms with E-state index in [2.05, 4.69) is 0 Å². The van der Waals surface area contributed by atoms with E-state index in [1.807, 2.05) is 0 Å². The number of hydrogen-bond donors (Lipinski definition) is 0. The van der Waals surface area contributed by atoms with Crippen LogP contribution in [0.15, 0.2) is 18.2 Å². The molecule has 80 valence electrons. The molecule has 0 radical (unpaired) electrons. The predicted molar refractivity (Wildman–Crippen MR) is 52.2 cm³/mol. The number of benzene rings is 1. The number of aryl methyl sites for hydroxylation is 1. The Morgan fingerprint density at radius 2 is 2.07 bits per heavy atom. The van der Waals surface area contributed by atoms with Crippen molar-refractivity contribution in [2.75, 3.05) is 0 Å². The van der Waals surface area contributed by atoms with E-state index in [-0.39, 0.29) is 12.0 Å². The molecule has 0 spiro atoms. The quantitative estimate of drug-likeness (QED) is 0.553. The van der Waals surface area contributed by atoms with Crippen LogP contribution in [0.5, 0.6) is 0 Å². The zero-order valence-electron chi connectivity index (χ0n) is 8.47. The van der Waals surface area contributed by atoms with Crippen LogP contribution >= 0.6 is 0 Å². The Morgan fingerprint density at radius 3 is 2.60 bits per heavy atom. The lowest BCUT2D eigenvalue weighted by atomic mass is 10.1. The van der Waals surface area contributed by atoms with Gasteiger partial charge in [-0.3, -0.25) is 10.1 Å². The van der Waals surface area contributed by atoms with Gasteiger partial charge in [-0.05, 0) is 13.8 Å². The standard InChI is InChI=1S/C10H11NO4/c1-6-3-4-8(5-9(6)11(12)13)10-14-7(2)15-10/h3-5,7,10H,1-2H3. The molecule has 5 heteroatoms. The molecule has 0 bridgehead atoms. The molecule has 5 nitrogen and oxygen atoms in total. The van der Waals surface area contributed by atoms with Gasteiger partial charge in [0.05, 0.1) is 4.92 Å². The van der Waals surface area contributed by atoms with E-state index in [9.17, 15) is 10.1 Å². The van der Waals surface area contributed by atoms with Crippen LogP contribution in [0.2, 0.25) is 0 Å². The number of hydrogen-bond acceptors (Lipinski definition) is 4. The first-order chi connectivity index (χ1) is 7.08. The van der Waals surface area contributed by atoms with Gasteiger partial charge in [0, 0.05) is 17.2 Å². The minimum Gasteiger partial charge on any atom is -0.320 e. The van der Waals surface area contributed by atoms with Crippen molar-refractivity contribution in [3.8, 4) is 0 Å². The zero-order valence-corrected chi connectivity index (χ0v) is 8.47. The van der Waals surface area contributed by atoms with Crippen molar-refractivity contribution in [2.45, 2.75) is 26.4 Å². The van der Waals surface area contributed by atoms with Crippen LogP contribution < -0.4 is 0 Å². The second kappa shape index (κ2) is 3.60. The van der Waals surface area contributed by atoms with E-state index < -0.39 is 11.2 Å². The van der Waals surface area contributed by atoms with Crippen molar-refractivity contribution in [3.63, 3.8) is 0 Å². The smallest absolute Gasteiger partial charge is 0.272 e. The van der Waals surface area contributed by atoms with Crippen LogP contribution in [-0.4, -0.2) is 11.2 Å². The lowest BCUT2D eigenvalue weighted by Crippen LogP contribution is -2.31. The fraction of sp³-hybridized carbons (Fsp3) is 0.400. The molecule has 0 aliphatic carbocycles. The molecule has 1 saturated heterocycles. The Kier molecular flexibility index (Phi) is 2.42. The Morgan fingerprint density at radius 1 is 1.40 bits per heavy atom. The van der Waals surface area contributed by atoms with Gasteiger partial charge in [-0.15, -0.1) is 0 Å². The molecule has 1 fully saturated rings. The molecule has 1 aliphatic heterocycles. The van der Waals surface area contributed by atoms with E-state index in [1.165, 1.54) is 6.07 Å². The maximum absolute atomic E-state index is 10.7. The molecule has 1 heterocycles. The average molecular weight is 209 g/mol. The van der Waals surface area contributed by atoms with Gasteiger partial charge in [0.1, 0.15) is 0 Å². The van der Waals surface area contributed by atoms with Crippen LogP contribution in [0, 0.1) is 17.0 Å². The summed E-state index contributed by atoms with van der Waals surface area (Å²) >= 11 is 0. The maximum atomic E-state index is 10.7. The Labute approximate surface area is 86.8 Å². The highest BCUT2D eigenvalue weighted by atomic mass is 16.9. The van der Waals surface area contributed by atoms with Gasteiger partial charge in [0.2, 0.25) is 0 Å². The molecular formula is C10H11NO4. The highest BCUT2D eigenvalue weighted by molar-refractivity contribution is 5.42. The molecule has 0 N–H and O–H groups in total. The van der Waals surface area contributed by atoms with E-state index in [0.29, 0.717) is 11.1 Å². The number of ether oxygens (including phenoxy) is 2. The minimum atomic E-state index is -0.459. The summed E-state index contributed by atoms with van der Waals surface area (Å²) in [6, 6.07) is 4.97. The van der Waals surface area contributed by atoms with Crippen LogP contribution in [-0.2, 0) is 9.47 Å². The van der Waals surface area contributed by atoms with Gasteiger partial charge >= 0.3 is 0 Å². The third-order valence-corrected chi connectivity index (χ3v) is 2.33. The van der Waals surface area contributed by atoms with E-state index >= 15 is 0 Å². The van der Waals surface area contributed by atoms with Gasteiger partial charge in [0.15, 0.2) is 12.6 Å². The van der Waals surface area contributed by atoms with Crippen LogP contribution in [0.25, 0.3) is 0 Å². The molecule has 2 rings (SSSR count). The molecular weight excluding hydrogens is 198 g/mol. The highest BCUT2D eigenvalue weighted by Gasteiger charge is 2.29. The summed E-state index contributed by atoms with van der Waals surface area (Å²) in [7, 11) is 0. The van der Waals surface area contributed by atoms with E-state index in [0.717, 1.165) is 0 Å². The van der Waals surface area contributed by atoms with E-state index in [4.69, 9.17) is 9.47 Å². The predicted octanol–water partition coefficient (Wildman–Crippen LogP) is 2.29. The van der Waals surface area contributed by atoms with Crippen molar-refractivity contribution in [3.05, 3.63) is 39.4 Å². The summed E-state index contributed by atoms with van der Waals surface area (Å²) in [4.78, 5) is 10.3. The maximum Gasteiger partial charge on any atom is 0.272 e. The summed E-state index contributed by atoms with van der Waals surface area (Å²) in [6.45, 7) is 3.48. The SMILES string of the molecule is Cc1ccc(C2OC(C)O2)cc1[N+](=O)[O-]. The van der Waals surface area contributed by atoms with Gasteiger partial charge in [-0.2, -0.15) is 0 Å². The van der Waals surface area contributed by atoms with Gasteiger partial charge in [-0.25, -0.2) is 0 Å². The highest BCUT2D eigenvalue weighted by Crippen LogP contribution is 2.33. The molecule has 0 aromatic heterocycles. The van der Waals surface area contributed by atoms with Gasteiger partial charge in [-0.1, -0.05) is 12.1 Å². The Balaban J connectivity index is 2.27. The lowest BCUT2D eigenvalue weighted by Gasteiger charge is -2.33. The molecule has 1 aliphatic rings. The monoisotopic (exact) mass is 209 g/mol. The third kappa shape index (κ3) is 1.84. The van der Waals surface area contributed by atoms with Crippen LogP contribution in [0.3, 0.4) is 0 Å². The fourth-order valence-electron chi connectivity index (χ4n) is 1.49. The fourth-order valence-corrected chi connectivity index (χ4v) is 1.49. The van der Waals surface area contributed by atoms with Crippen LogP contribution in [0.4, 0.5) is 5.69 Å². The Bertz CT molecular complexity index is 398. The zero-order chi connectivity index (χ0) is 11.0. The summed E-state index contributed by atoms with van der Waals surface area (Å²) < 4.78 is 10.5. The second-order valence-electron chi connectivity index (χ2n) is 3.47. The van der Waals surface area contributed by atoms with Gasteiger partial charge < -0.3 is 9.47 Å².